The lowest BCUT2D eigenvalue weighted by Gasteiger charge is -2.59. The lowest BCUT2D eigenvalue weighted by molar-refractivity contribution is -0.130. The molecule has 1 heteroatoms. The Hall–Kier alpha value is -0.590. The Morgan fingerprint density at radius 3 is 2.38 bits per heavy atom. The summed E-state index contributed by atoms with van der Waals surface area (Å²) in [7, 11) is 0. The number of allylic oxidation sites excluding steroid dienone is 2. The maximum Gasteiger partial charge on any atom is 0.133 e. The van der Waals surface area contributed by atoms with Crippen molar-refractivity contribution in [2.24, 2.45) is 10.8 Å². The molecule has 0 aliphatic heterocycles. The van der Waals surface area contributed by atoms with Crippen LogP contribution in [-0.2, 0) is 4.79 Å². The van der Waals surface area contributed by atoms with E-state index in [1.165, 1.54) is 25.7 Å². The van der Waals surface area contributed by atoms with Crippen LogP contribution in [0.3, 0.4) is 0 Å². The summed E-state index contributed by atoms with van der Waals surface area (Å²) in [5.74, 6) is 0.502. The van der Waals surface area contributed by atoms with Gasteiger partial charge in [-0.15, -0.1) is 0 Å². The molecule has 0 radical (unpaired) electrons. The molecule has 2 saturated carbocycles. The largest absolute Gasteiger partial charge is 0.300 e. The van der Waals surface area contributed by atoms with Gasteiger partial charge in [0, 0.05) is 18.3 Å². The smallest absolute Gasteiger partial charge is 0.133 e. The van der Waals surface area contributed by atoms with E-state index in [1.54, 1.807) is 0 Å². The lowest BCUT2D eigenvalue weighted by atomic mass is 9.44. The number of rotatable bonds is 0. The first-order valence-corrected chi connectivity index (χ1v) is 5.49. The molecule has 13 heavy (non-hydrogen) atoms. The minimum absolute atomic E-state index is 0.334. The average Bonchev–Trinajstić information content (AvgIpc) is 2.11. The van der Waals surface area contributed by atoms with Gasteiger partial charge in [-0.25, -0.2) is 0 Å². The predicted molar refractivity (Wildman–Crippen MR) is 51.3 cm³/mol. The second-order valence-electron chi connectivity index (χ2n) is 5.07. The van der Waals surface area contributed by atoms with Crippen molar-refractivity contribution in [3.63, 3.8) is 0 Å². The normalized spacial score (nSPS) is 47.8. The first-order chi connectivity index (χ1) is 6.27. The molecule has 0 aromatic heterocycles. The summed E-state index contributed by atoms with van der Waals surface area (Å²) in [6.45, 7) is 0. The fraction of sp³-hybridized carbons (Fsp3) is 0.750. The van der Waals surface area contributed by atoms with Gasteiger partial charge in [-0.05, 0) is 24.7 Å². The van der Waals surface area contributed by atoms with Crippen molar-refractivity contribution in [2.45, 2.75) is 44.9 Å². The predicted octanol–water partition coefficient (Wildman–Crippen LogP) is 2.86. The molecule has 3 rings (SSSR count). The van der Waals surface area contributed by atoms with Crippen molar-refractivity contribution in [3.8, 4) is 0 Å². The minimum atomic E-state index is 0.334. The molecular formula is C12H16O. The maximum absolute atomic E-state index is 11.5. The van der Waals surface area contributed by atoms with Gasteiger partial charge in [0.1, 0.15) is 5.78 Å². The Morgan fingerprint density at radius 2 is 1.69 bits per heavy atom. The van der Waals surface area contributed by atoms with Crippen molar-refractivity contribution in [2.75, 3.05) is 0 Å². The van der Waals surface area contributed by atoms with Gasteiger partial charge in [0.25, 0.3) is 0 Å². The van der Waals surface area contributed by atoms with E-state index in [0.717, 1.165) is 19.3 Å². The molecule has 0 aromatic carbocycles. The second kappa shape index (κ2) is 2.26. The van der Waals surface area contributed by atoms with Gasteiger partial charge >= 0.3 is 0 Å². The van der Waals surface area contributed by atoms with Crippen LogP contribution >= 0.6 is 0 Å². The highest BCUT2D eigenvalue weighted by Crippen LogP contribution is 2.65. The van der Waals surface area contributed by atoms with Gasteiger partial charge < -0.3 is 0 Å². The van der Waals surface area contributed by atoms with E-state index in [1.807, 2.05) is 0 Å². The summed E-state index contributed by atoms with van der Waals surface area (Å²) in [4.78, 5) is 11.5. The molecule has 3 aliphatic rings. The molecule has 2 fully saturated rings. The minimum Gasteiger partial charge on any atom is -0.300 e. The zero-order valence-corrected chi connectivity index (χ0v) is 8.01. The van der Waals surface area contributed by atoms with Gasteiger partial charge in [-0.2, -0.15) is 0 Å². The molecule has 0 amide bonds. The number of carbonyl (C=O) groups excluding carboxylic acids is 1. The molecule has 2 atom stereocenters. The summed E-state index contributed by atoms with van der Waals surface area (Å²) in [5.41, 5.74) is 0.805. The van der Waals surface area contributed by atoms with Crippen LogP contribution in [0.25, 0.3) is 0 Å². The van der Waals surface area contributed by atoms with Crippen molar-refractivity contribution in [1.29, 1.82) is 0 Å². The number of ketones is 1. The fourth-order valence-electron chi connectivity index (χ4n) is 3.68. The van der Waals surface area contributed by atoms with Gasteiger partial charge in [0.05, 0.1) is 0 Å². The first kappa shape index (κ1) is 7.78. The molecule has 0 saturated heterocycles. The zero-order valence-electron chi connectivity index (χ0n) is 8.01. The van der Waals surface area contributed by atoms with Crippen LogP contribution in [0.2, 0.25) is 0 Å². The Bertz CT molecular complexity index is 291. The Balaban J connectivity index is 1.99. The third kappa shape index (κ3) is 0.806. The van der Waals surface area contributed by atoms with Crippen molar-refractivity contribution >= 4 is 5.78 Å². The van der Waals surface area contributed by atoms with Gasteiger partial charge in [0.2, 0.25) is 0 Å². The van der Waals surface area contributed by atoms with Gasteiger partial charge in [-0.3, -0.25) is 4.79 Å². The van der Waals surface area contributed by atoms with Crippen LogP contribution < -0.4 is 0 Å². The topological polar surface area (TPSA) is 17.1 Å². The Kier molecular flexibility index (Phi) is 1.35. The zero-order chi connectivity index (χ0) is 8.94. The van der Waals surface area contributed by atoms with Gasteiger partial charge in [-0.1, -0.05) is 25.0 Å². The number of carbonyl (C=O) groups is 1. The molecule has 0 aromatic rings. The van der Waals surface area contributed by atoms with E-state index in [9.17, 15) is 4.79 Å². The van der Waals surface area contributed by atoms with E-state index in [2.05, 4.69) is 12.2 Å². The average molecular weight is 176 g/mol. The van der Waals surface area contributed by atoms with E-state index >= 15 is 0 Å². The molecular weight excluding hydrogens is 160 g/mol. The molecule has 0 spiro atoms. The van der Waals surface area contributed by atoms with Crippen LogP contribution in [0.1, 0.15) is 44.9 Å². The molecule has 0 unspecified atom stereocenters. The third-order valence-corrected chi connectivity index (χ3v) is 4.57. The second-order valence-corrected chi connectivity index (χ2v) is 5.07. The van der Waals surface area contributed by atoms with E-state index in [0.29, 0.717) is 16.6 Å². The third-order valence-electron chi connectivity index (χ3n) is 4.57. The summed E-state index contributed by atoms with van der Waals surface area (Å²) in [6, 6.07) is 0. The van der Waals surface area contributed by atoms with Crippen LogP contribution in [0.5, 0.6) is 0 Å². The molecule has 0 N–H and O–H groups in total. The van der Waals surface area contributed by atoms with Crippen LogP contribution in [0, 0.1) is 10.8 Å². The Labute approximate surface area is 79.2 Å². The number of Topliss-reactive ketones (excluding diaryl/α,β-unsaturated/α-hetero) is 1. The highest BCUT2D eigenvalue weighted by Gasteiger charge is 2.57. The summed E-state index contributed by atoms with van der Waals surface area (Å²) >= 11 is 0. The highest BCUT2D eigenvalue weighted by atomic mass is 16.1. The maximum atomic E-state index is 11.5. The molecule has 0 heterocycles. The SMILES string of the molecule is O=C1CC[C@]23C=C[C@]2(CCCC3)C1. The monoisotopic (exact) mass is 176 g/mol. The summed E-state index contributed by atoms with van der Waals surface area (Å²) in [6.07, 6.45) is 12.9. The van der Waals surface area contributed by atoms with Gasteiger partial charge in [0.15, 0.2) is 0 Å². The van der Waals surface area contributed by atoms with Crippen molar-refractivity contribution in [3.05, 3.63) is 12.2 Å². The van der Waals surface area contributed by atoms with Crippen LogP contribution in [0.15, 0.2) is 12.2 Å². The standard InChI is InChI=1S/C12H16O/c13-10-3-6-11-4-1-2-5-12(11,9-10)8-7-11/h7-8H,1-6,9H2/t11-,12-/m1/s1. The van der Waals surface area contributed by atoms with Crippen molar-refractivity contribution in [1.82, 2.24) is 0 Å². The molecule has 3 aliphatic carbocycles. The Morgan fingerprint density at radius 1 is 1.00 bits per heavy atom. The van der Waals surface area contributed by atoms with E-state index < -0.39 is 0 Å². The number of hydrogen-bond donors (Lipinski definition) is 0. The fourth-order valence-corrected chi connectivity index (χ4v) is 3.68. The molecule has 70 valence electrons. The first-order valence-electron chi connectivity index (χ1n) is 5.49. The summed E-state index contributed by atoms with van der Waals surface area (Å²) in [5, 5.41) is 0. The van der Waals surface area contributed by atoms with Crippen molar-refractivity contribution < 1.29 is 4.79 Å². The van der Waals surface area contributed by atoms with E-state index in [-0.39, 0.29) is 0 Å². The summed E-state index contributed by atoms with van der Waals surface area (Å²) < 4.78 is 0. The van der Waals surface area contributed by atoms with E-state index in [4.69, 9.17) is 0 Å². The van der Waals surface area contributed by atoms with Crippen LogP contribution in [0.4, 0.5) is 0 Å². The molecule has 1 nitrogen and oxygen atoms in total. The highest BCUT2D eigenvalue weighted by molar-refractivity contribution is 5.81. The van der Waals surface area contributed by atoms with Crippen LogP contribution in [-0.4, -0.2) is 5.78 Å². The molecule has 0 bridgehead atoms. The quantitative estimate of drug-likeness (QED) is 0.519. The number of hydrogen-bond acceptors (Lipinski definition) is 1. The lowest BCUT2D eigenvalue weighted by Crippen LogP contribution is -2.52.